The van der Waals surface area contributed by atoms with Crippen LogP contribution in [0.2, 0.25) is 0 Å². The van der Waals surface area contributed by atoms with Gasteiger partial charge in [0.05, 0.1) is 6.54 Å². The summed E-state index contributed by atoms with van der Waals surface area (Å²) in [6.07, 6.45) is 3.94. The van der Waals surface area contributed by atoms with Crippen molar-refractivity contribution in [3.63, 3.8) is 0 Å². The molecular weight excluding hydrogens is 137 g/mol. The maximum absolute atomic E-state index is 4.18. The Bertz CT molecular complexity index is 219. The topological polar surface area (TPSA) is 21.1 Å². The minimum atomic E-state index is 0.973. The highest BCUT2D eigenvalue weighted by Crippen LogP contribution is 1.82. The van der Waals surface area contributed by atoms with Gasteiger partial charge in [-0.3, -0.25) is 4.68 Å². The summed E-state index contributed by atoms with van der Waals surface area (Å²) in [5, 5.41) is 4.18. The molecule has 0 N–H and O–H groups in total. The Morgan fingerprint density at radius 1 is 1.64 bits per heavy atom. The van der Waals surface area contributed by atoms with Gasteiger partial charge in [0.2, 0.25) is 0 Å². The van der Waals surface area contributed by atoms with Gasteiger partial charge in [0, 0.05) is 18.9 Å². The quantitative estimate of drug-likeness (QED) is 0.501. The lowest BCUT2D eigenvalue weighted by Gasteiger charge is -2.08. The summed E-state index contributed by atoms with van der Waals surface area (Å²) in [5.74, 6) is 0. The van der Waals surface area contributed by atoms with Crippen LogP contribution >= 0.6 is 0 Å². The molecule has 0 saturated heterocycles. The fourth-order valence-corrected chi connectivity index (χ4v) is 0.892. The second kappa shape index (κ2) is 3.58. The highest BCUT2D eigenvalue weighted by molar-refractivity contribution is 6.31. The average Bonchev–Trinajstić information content (AvgIpc) is 2.31. The van der Waals surface area contributed by atoms with Crippen LogP contribution in [0.4, 0.5) is 0 Å². The van der Waals surface area contributed by atoms with E-state index >= 15 is 0 Å². The van der Waals surface area contributed by atoms with Gasteiger partial charge >= 0.3 is 0 Å². The molecular formula is C7H14BN3. The molecule has 0 fully saturated rings. The van der Waals surface area contributed by atoms with Crippen LogP contribution in [0.25, 0.3) is 0 Å². The first-order valence-electron chi connectivity index (χ1n) is 3.82. The van der Waals surface area contributed by atoms with E-state index in [1.165, 1.54) is 5.46 Å². The highest BCUT2D eigenvalue weighted by Gasteiger charge is 1.93. The van der Waals surface area contributed by atoms with Crippen LogP contribution < -0.4 is 5.46 Å². The number of hydrogen-bond donors (Lipinski definition) is 0. The summed E-state index contributed by atoms with van der Waals surface area (Å²) >= 11 is 0. The van der Waals surface area contributed by atoms with Crippen LogP contribution in [-0.2, 0) is 6.54 Å². The van der Waals surface area contributed by atoms with E-state index < -0.39 is 0 Å². The van der Waals surface area contributed by atoms with Gasteiger partial charge in [0.25, 0.3) is 0 Å². The molecule has 1 heterocycles. The van der Waals surface area contributed by atoms with Crippen molar-refractivity contribution in [2.24, 2.45) is 0 Å². The Morgan fingerprint density at radius 2 is 2.36 bits per heavy atom. The molecule has 0 spiro atoms. The number of hydrogen-bond acceptors (Lipinski definition) is 2. The van der Waals surface area contributed by atoms with Gasteiger partial charge in [0.15, 0.2) is 0 Å². The molecule has 0 radical (unpaired) electrons. The summed E-state index contributed by atoms with van der Waals surface area (Å²) < 4.78 is 1.97. The zero-order chi connectivity index (χ0) is 8.27. The first-order valence-corrected chi connectivity index (χ1v) is 3.82. The maximum Gasteiger partial charge on any atom is 0.143 e. The summed E-state index contributed by atoms with van der Waals surface area (Å²) in [6, 6.07) is 0. The van der Waals surface area contributed by atoms with Gasteiger partial charge in [0.1, 0.15) is 7.85 Å². The molecule has 0 aliphatic heterocycles. The molecule has 0 amide bonds. The number of rotatable bonds is 3. The third kappa shape index (κ3) is 2.76. The zero-order valence-electron chi connectivity index (χ0n) is 7.41. The minimum Gasteiger partial charge on any atom is -0.308 e. The van der Waals surface area contributed by atoms with E-state index in [1.54, 1.807) is 0 Å². The molecule has 1 rings (SSSR count). The lowest BCUT2D eigenvalue weighted by Crippen LogP contribution is -2.18. The molecule has 60 valence electrons. The molecule has 0 aromatic carbocycles. The Balaban J connectivity index is 2.39. The molecule has 0 aliphatic rings. The van der Waals surface area contributed by atoms with E-state index in [0.29, 0.717) is 0 Å². The van der Waals surface area contributed by atoms with Crippen LogP contribution in [0, 0.1) is 0 Å². The van der Waals surface area contributed by atoms with Crippen molar-refractivity contribution in [1.82, 2.24) is 14.7 Å². The monoisotopic (exact) mass is 151 g/mol. The molecule has 4 heteroatoms. The smallest absolute Gasteiger partial charge is 0.143 e. The largest absolute Gasteiger partial charge is 0.308 e. The van der Waals surface area contributed by atoms with Crippen molar-refractivity contribution in [1.29, 1.82) is 0 Å². The van der Waals surface area contributed by atoms with Crippen molar-refractivity contribution in [2.75, 3.05) is 20.6 Å². The van der Waals surface area contributed by atoms with Gasteiger partial charge in [-0.15, -0.1) is 0 Å². The standard InChI is InChI=1S/C7H14BN3/c1-10(2)3-4-11-6-7(8)5-9-11/h5-6H,3-4,8H2,1-2H3. The summed E-state index contributed by atoms with van der Waals surface area (Å²) in [6.45, 7) is 2.02. The molecule has 0 atom stereocenters. The van der Waals surface area contributed by atoms with Gasteiger partial charge in [-0.2, -0.15) is 5.10 Å². The fraction of sp³-hybridized carbons (Fsp3) is 0.571. The van der Waals surface area contributed by atoms with E-state index in [4.69, 9.17) is 0 Å². The zero-order valence-corrected chi connectivity index (χ0v) is 7.41. The van der Waals surface area contributed by atoms with Gasteiger partial charge in [-0.05, 0) is 14.1 Å². The summed E-state index contributed by atoms with van der Waals surface area (Å²) in [5.41, 5.74) is 1.23. The third-order valence-electron chi connectivity index (χ3n) is 1.54. The van der Waals surface area contributed by atoms with Gasteiger partial charge in [-0.1, -0.05) is 5.46 Å². The van der Waals surface area contributed by atoms with Crippen molar-refractivity contribution in [3.8, 4) is 0 Å². The van der Waals surface area contributed by atoms with Crippen molar-refractivity contribution in [3.05, 3.63) is 12.4 Å². The lowest BCUT2D eigenvalue weighted by molar-refractivity contribution is 0.373. The van der Waals surface area contributed by atoms with Crippen LogP contribution in [0.1, 0.15) is 0 Å². The first kappa shape index (κ1) is 8.33. The van der Waals surface area contributed by atoms with Crippen LogP contribution in [0.3, 0.4) is 0 Å². The van der Waals surface area contributed by atoms with Crippen molar-refractivity contribution >= 4 is 13.3 Å². The number of nitrogens with zero attached hydrogens (tertiary/aromatic N) is 3. The molecule has 0 unspecified atom stereocenters. The Hall–Kier alpha value is -0.765. The highest BCUT2D eigenvalue weighted by atomic mass is 15.3. The van der Waals surface area contributed by atoms with Crippen LogP contribution in [-0.4, -0.2) is 43.2 Å². The number of aromatic nitrogens is 2. The Morgan fingerprint density at radius 3 is 2.82 bits per heavy atom. The Kier molecular flexibility index (Phi) is 2.71. The second-order valence-electron chi connectivity index (χ2n) is 3.08. The molecule has 3 nitrogen and oxygen atoms in total. The van der Waals surface area contributed by atoms with Crippen LogP contribution in [0.15, 0.2) is 12.4 Å². The molecule has 11 heavy (non-hydrogen) atoms. The SMILES string of the molecule is Bc1cnn(CCN(C)C)c1. The number of likely N-dealkylation sites (N-methyl/N-ethyl adjacent to an activating group) is 1. The first-order chi connectivity index (χ1) is 5.18. The van der Waals surface area contributed by atoms with Gasteiger partial charge < -0.3 is 4.90 Å². The van der Waals surface area contributed by atoms with E-state index in [1.807, 2.05) is 10.9 Å². The van der Waals surface area contributed by atoms with Gasteiger partial charge in [-0.25, -0.2) is 0 Å². The fourth-order valence-electron chi connectivity index (χ4n) is 0.892. The average molecular weight is 151 g/mol. The third-order valence-corrected chi connectivity index (χ3v) is 1.54. The van der Waals surface area contributed by atoms with Crippen molar-refractivity contribution in [2.45, 2.75) is 6.54 Å². The Labute approximate surface area is 68.4 Å². The van der Waals surface area contributed by atoms with Crippen molar-refractivity contribution < 1.29 is 0 Å². The summed E-state index contributed by atoms with van der Waals surface area (Å²) in [7, 11) is 6.19. The normalized spacial score (nSPS) is 10.8. The van der Waals surface area contributed by atoms with E-state index in [9.17, 15) is 0 Å². The molecule has 1 aromatic rings. The minimum absolute atomic E-state index is 0.973. The molecule has 1 aromatic heterocycles. The maximum atomic E-state index is 4.18. The van der Waals surface area contributed by atoms with E-state index in [0.717, 1.165) is 13.1 Å². The summed E-state index contributed by atoms with van der Waals surface area (Å²) in [4.78, 5) is 2.15. The lowest BCUT2D eigenvalue weighted by atomic mass is 10.0. The molecule has 0 bridgehead atoms. The van der Waals surface area contributed by atoms with E-state index in [-0.39, 0.29) is 0 Å². The van der Waals surface area contributed by atoms with E-state index in [2.05, 4.69) is 38.1 Å². The van der Waals surface area contributed by atoms with Crippen LogP contribution in [0.5, 0.6) is 0 Å². The second-order valence-corrected chi connectivity index (χ2v) is 3.08. The molecule has 0 saturated carbocycles. The predicted molar refractivity (Wildman–Crippen MR) is 49.0 cm³/mol. The predicted octanol–water partition coefficient (Wildman–Crippen LogP) is -1.30. The molecule has 0 aliphatic carbocycles.